The van der Waals surface area contributed by atoms with E-state index in [0.29, 0.717) is 11.0 Å². The molecular weight excluding hydrogens is 324 g/mol. The van der Waals surface area contributed by atoms with Crippen molar-refractivity contribution in [1.82, 2.24) is 29.8 Å². The maximum absolute atomic E-state index is 5.84. The van der Waals surface area contributed by atoms with Gasteiger partial charge in [0, 0.05) is 56.4 Å². The Morgan fingerprint density at radius 2 is 1.92 bits per heavy atom. The molecule has 0 unspecified atom stereocenters. The molecule has 4 rings (SSSR count). The summed E-state index contributed by atoms with van der Waals surface area (Å²) < 4.78 is 0. The van der Waals surface area contributed by atoms with Gasteiger partial charge < -0.3 is 0 Å². The van der Waals surface area contributed by atoms with E-state index in [-0.39, 0.29) is 0 Å². The molecule has 4 heterocycles. The van der Waals surface area contributed by atoms with Crippen molar-refractivity contribution in [1.29, 1.82) is 0 Å². The third kappa shape index (κ3) is 3.25. The van der Waals surface area contributed by atoms with Crippen molar-refractivity contribution in [2.75, 3.05) is 6.54 Å². The minimum absolute atomic E-state index is 0.522. The number of fused-ring (bicyclic) bond motifs is 1. The van der Waals surface area contributed by atoms with Crippen LogP contribution in [0.15, 0.2) is 43.2 Å². The van der Waals surface area contributed by atoms with Crippen LogP contribution in [0.4, 0.5) is 0 Å². The number of hydrogen-bond acceptors (Lipinski definition) is 6. The van der Waals surface area contributed by atoms with E-state index in [4.69, 9.17) is 11.6 Å². The summed E-state index contributed by atoms with van der Waals surface area (Å²) in [6, 6.07) is 3.84. The highest BCUT2D eigenvalue weighted by Gasteiger charge is 2.19. The average molecular weight is 339 g/mol. The smallest absolute Gasteiger partial charge is 0.162 e. The van der Waals surface area contributed by atoms with Crippen molar-refractivity contribution < 1.29 is 0 Å². The minimum Gasteiger partial charge on any atom is -0.294 e. The van der Waals surface area contributed by atoms with Crippen LogP contribution in [0.3, 0.4) is 0 Å². The largest absolute Gasteiger partial charge is 0.294 e. The number of aromatic nitrogens is 5. The van der Waals surface area contributed by atoms with Crippen LogP contribution in [0.25, 0.3) is 11.4 Å². The summed E-state index contributed by atoms with van der Waals surface area (Å²) in [5, 5.41) is 0.522. The van der Waals surface area contributed by atoms with E-state index in [1.165, 1.54) is 11.9 Å². The zero-order valence-electron chi connectivity index (χ0n) is 12.9. The average Bonchev–Trinajstić information content (AvgIpc) is 2.64. The Labute approximate surface area is 144 Å². The summed E-state index contributed by atoms with van der Waals surface area (Å²) >= 11 is 5.84. The van der Waals surface area contributed by atoms with Crippen LogP contribution >= 0.6 is 11.6 Å². The number of nitrogens with zero attached hydrogens (tertiary/aromatic N) is 6. The monoisotopic (exact) mass is 338 g/mol. The Balaban J connectivity index is 1.50. The van der Waals surface area contributed by atoms with Gasteiger partial charge >= 0.3 is 0 Å². The van der Waals surface area contributed by atoms with E-state index in [2.05, 4.69) is 29.8 Å². The van der Waals surface area contributed by atoms with Crippen LogP contribution in [0.5, 0.6) is 0 Å². The van der Waals surface area contributed by atoms with Crippen LogP contribution in [0.1, 0.15) is 16.8 Å². The Morgan fingerprint density at radius 1 is 1.04 bits per heavy atom. The minimum atomic E-state index is 0.522. The normalized spacial score (nSPS) is 14.4. The van der Waals surface area contributed by atoms with E-state index in [1.54, 1.807) is 12.4 Å². The molecule has 120 valence electrons. The Morgan fingerprint density at radius 3 is 2.71 bits per heavy atom. The predicted molar refractivity (Wildman–Crippen MR) is 90.1 cm³/mol. The Hall–Kier alpha value is -2.44. The molecule has 0 saturated heterocycles. The topological polar surface area (TPSA) is 67.7 Å². The summed E-state index contributed by atoms with van der Waals surface area (Å²) in [5.74, 6) is 0.685. The number of rotatable bonds is 3. The lowest BCUT2D eigenvalue weighted by Gasteiger charge is -2.28. The van der Waals surface area contributed by atoms with E-state index >= 15 is 0 Å². The lowest BCUT2D eigenvalue weighted by molar-refractivity contribution is 0.242. The fourth-order valence-corrected chi connectivity index (χ4v) is 2.93. The van der Waals surface area contributed by atoms with Gasteiger partial charge in [0.25, 0.3) is 0 Å². The van der Waals surface area contributed by atoms with Crippen LogP contribution in [0.2, 0.25) is 5.15 Å². The highest BCUT2D eigenvalue weighted by molar-refractivity contribution is 6.29. The molecule has 0 bridgehead atoms. The van der Waals surface area contributed by atoms with Crippen molar-refractivity contribution in [3.05, 3.63) is 65.2 Å². The third-order valence-corrected chi connectivity index (χ3v) is 4.25. The molecule has 0 aliphatic carbocycles. The lowest BCUT2D eigenvalue weighted by Crippen LogP contribution is -2.31. The molecular formula is C17H15ClN6. The number of hydrogen-bond donors (Lipinski definition) is 0. The quantitative estimate of drug-likeness (QED) is 0.684. The van der Waals surface area contributed by atoms with E-state index in [1.807, 2.05) is 24.5 Å². The van der Waals surface area contributed by atoms with Crippen LogP contribution in [-0.4, -0.2) is 36.4 Å². The van der Waals surface area contributed by atoms with Crippen molar-refractivity contribution in [3.63, 3.8) is 0 Å². The fourth-order valence-electron chi connectivity index (χ4n) is 2.82. The van der Waals surface area contributed by atoms with Gasteiger partial charge in [0.1, 0.15) is 11.5 Å². The zero-order chi connectivity index (χ0) is 16.4. The van der Waals surface area contributed by atoms with Gasteiger partial charge in [-0.15, -0.1) is 0 Å². The second-order valence-corrected chi connectivity index (χ2v) is 6.13. The van der Waals surface area contributed by atoms with Crippen LogP contribution < -0.4 is 0 Å². The first-order valence-electron chi connectivity index (χ1n) is 7.71. The van der Waals surface area contributed by atoms with E-state index in [0.717, 1.165) is 42.9 Å². The molecule has 6 nitrogen and oxygen atoms in total. The second kappa shape index (κ2) is 6.59. The molecule has 0 atom stereocenters. The van der Waals surface area contributed by atoms with Gasteiger partial charge in [-0.1, -0.05) is 17.7 Å². The molecule has 3 aromatic heterocycles. The first-order chi connectivity index (χ1) is 11.8. The van der Waals surface area contributed by atoms with Gasteiger partial charge in [-0.3, -0.25) is 4.90 Å². The number of pyridine rings is 1. The summed E-state index contributed by atoms with van der Waals surface area (Å²) in [6.45, 7) is 2.64. The third-order valence-electron chi connectivity index (χ3n) is 4.03. The summed E-state index contributed by atoms with van der Waals surface area (Å²) in [5.41, 5.74) is 4.27. The lowest BCUT2D eigenvalue weighted by atomic mass is 10.1. The Bertz CT molecular complexity index is 837. The van der Waals surface area contributed by atoms with Gasteiger partial charge in [0.05, 0.1) is 11.3 Å². The highest BCUT2D eigenvalue weighted by Crippen LogP contribution is 2.21. The molecule has 24 heavy (non-hydrogen) atoms. The van der Waals surface area contributed by atoms with Crippen molar-refractivity contribution in [2.24, 2.45) is 0 Å². The molecule has 0 amide bonds. The maximum atomic E-state index is 5.84. The predicted octanol–water partition coefficient (Wildman–Crippen LogP) is 2.54. The van der Waals surface area contributed by atoms with E-state index in [9.17, 15) is 0 Å². The van der Waals surface area contributed by atoms with Crippen LogP contribution in [0, 0.1) is 0 Å². The van der Waals surface area contributed by atoms with Gasteiger partial charge in [0.2, 0.25) is 0 Å². The molecule has 1 aliphatic heterocycles. The van der Waals surface area contributed by atoms with Crippen LogP contribution in [-0.2, 0) is 19.5 Å². The summed E-state index contributed by atoms with van der Waals surface area (Å²) in [7, 11) is 0. The molecule has 0 saturated carbocycles. The molecule has 0 spiro atoms. The first-order valence-corrected chi connectivity index (χ1v) is 8.09. The second-order valence-electron chi connectivity index (χ2n) is 5.74. The molecule has 0 radical (unpaired) electrons. The van der Waals surface area contributed by atoms with Gasteiger partial charge in [-0.2, -0.15) is 0 Å². The zero-order valence-corrected chi connectivity index (χ0v) is 13.7. The highest BCUT2D eigenvalue weighted by atomic mass is 35.5. The summed E-state index contributed by atoms with van der Waals surface area (Å²) in [6.07, 6.45) is 9.61. The summed E-state index contributed by atoms with van der Waals surface area (Å²) in [4.78, 5) is 23.7. The molecule has 3 aromatic rings. The molecule has 7 heteroatoms. The van der Waals surface area contributed by atoms with Gasteiger partial charge in [0.15, 0.2) is 5.82 Å². The standard InChI is InChI=1S/C17H15ClN6/c18-16-2-1-12(5-21-16)9-24-4-3-15-14(10-24)8-22-17(23-15)13-6-19-11-20-7-13/h1-2,5-8,11H,3-4,9-10H2. The van der Waals surface area contributed by atoms with Gasteiger partial charge in [-0.25, -0.2) is 24.9 Å². The van der Waals surface area contributed by atoms with Gasteiger partial charge in [-0.05, 0) is 11.6 Å². The van der Waals surface area contributed by atoms with Crippen molar-refractivity contribution in [3.8, 4) is 11.4 Å². The molecule has 0 fully saturated rings. The number of halogens is 1. The maximum Gasteiger partial charge on any atom is 0.162 e. The molecule has 1 aliphatic rings. The van der Waals surface area contributed by atoms with Crippen molar-refractivity contribution in [2.45, 2.75) is 19.5 Å². The fraction of sp³-hybridized carbons (Fsp3) is 0.235. The van der Waals surface area contributed by atoms with E-state index < -0.39 is 0 Å². The van der Waals surface area contributed by atoms with Crippen molar-refractivity contribution >= 4 is 11.6 Å². The SMILES string of the molecule is Clc1ccc(CN2CCc3nc(-c4cncnc4)ncc3C2)cn1. The molecule has 0 N–H and O–H groups in total. The Kier molecular flexibility index (Phi) is 4.15. The molecule has 0 aromatic carbocycles. The first kappa shape index (κ1) is 15.1.